The summed E-state index contributed by atoms with van der Waals surface area (Å²) < 4.78 is 4.93. The maximum absolute atomic E-state index is 5.18. The van der Waals surface area contributed by atoms with Gasteiger partial charge in [-0.3, -0.25) is 0 Å². The van der Waals surface area contributed by atoms with Crippen molar-refractivity contribution in [2.75, 3.05) is 25.4 Å². The van der Waals surface area contributed by atoms with Crippen LogP contribution in [0.4, 0.5) is 0 Å². The topological polar surface area (TPSA) is 61.3 Å². The summed E-state index contributed by atoms with van der Waals surface area (Å²) in [5, 5.41) is 0. The third-order valence-electron chi connectivity index (χ3n) is 0.486. The van der Waals surface area contributed by atoms with Gasteiger partial charge in [-0.2, -0.15) is 0 Å². The smallest absolute Gasteiger partial charge is 0.0736 e. The van der Waals surface area contributed by atoms with Crippen LogP contribution in [0.2, 0.25) is 0 Å². The Bertz CT molecular complexity index is 39.0. The van der Waals surface area contributed by atoms with E-state index in [0.717, 1.165) is 5.75 Å². The molecular formula is C4H12N2OS. The van der Waals surface area contributed by atoms with Gasteiger partial charge in [-0.05, 0) is 12.0 Å². The third-order valence-corrected chi connectivity index (χ3v) is 1.22. The molecule has 0 aliphatic rings. The second kappa shape index (κ2) is 7.23. The Balaban J connectivity index is 2.53. The number of hydrogen-bond acceptors (Lipinski definition) is 4. The van der Waals surface area contributed by atoms with E-state index in [0.29, 0.717) is 19.7 Å². The van der Waals surface area contributed by atoms with E-state index in [4.69, 9.17) is 15.7 Å². The van der Waals surface area contributed by atoms with Crippen LogP contribution >= 0.6 is 12.0 Å². The molecule has 0 amide bonds. The number of hydrogen-bond donors (Lipinski definition) is 2. The van der Waals surface area contributed by atoms with Gasteiger partial charge in [0.2, 0.25) is 0 Å². The van der Waals surface area contributed by atoms with Crippen molar-refractivity contribution in [2.24, 2.45) is 11.5 Å². The first kappa shape index (κ1) is 8.23. The Morgan fingerprint density at radius 3 is 2.50 bits per heavy atom. The molecule has 0 fully saturated rings. The van der Waals surface area contributed by atoms with Crippen molar-refractivity contribution in [1.82, 2.24) is 0 Å². The summed E-state index contributed by atoms with van der Waals surface area (Å²) in [6, 6.07) is 0. The first-order valence-corrected chi connectivity index (χ1v) is 3.47. The zero-order valence-corrected chi connectivity index (χ0v) is 5.62. The second-order valence-electron chi connectivity index (χ2n) is 1.22. The molecule has 0 unspecified atom stereocenters. The Labute approximate surface area is 54.0 Å². The molecular weight excluding hydrogens is 124 g/mol. The number of nitrogens with two attached hydrogens (primary N) is 2. The molecule has 0 spiro atoms. The molecule has 4 heteroatoms. The average Bonchev–Trinajstić information content (AvgIpc) is 1.81. The Kier molecular flexibility index (Phi) is 7.44. The summed E-state index contributed by atoms with van der Waals surface area (Å²) in [7, 11) is 0. The molecule has 0 saturated carbocycles. The van der Waals surface area contributed by atoms with Crippen molar-refractivity contribution in [3.05, 3.63) is 0 Å². The van der Waals surface area contributed by atoms with E-state index in [1.165, 1.54) is 12.0 Å². The SMILES string of the molecule is NCCOSCCN. The van der Waals surface area contributed by atoms with E-state index in [2.05, 4.69) is 0 Å². The van der Waals surface area contributed by atoms with Crippen molar-refractivity contribution in [3.8, 4) is 0 Å². The lowest BCUT2D eigenvalue weighted by atomic mass is 10.8. The summed E-state index contributed by atoms with van der Waals surface area (Å²) in [4.78, 5) is 0. The second-order valence-corrected chi connectivity index (χ2v) is 2.10. The average molecular weight is 136 g/mol. The van der Waals surface area contributed by atoms with E-state index in [1.54, 1.807) is 0 Å². The maximum Gasteiger partial charge on any atom is 0.0736 e. The highest BCUT2D eigenvalue weighted by Gasteiger charge is 1.83. The predicted molar refractivity (Wildman–Crippen MR) is 36.5 cm³/mol. The van der Waals surface area contributed by atoms with Gasteiger partial charge in [0, 0.05) is 18.8 Å². The van der Waals surface area contributed by atoms with Crippen LogP contribution in [0.3, 0.4) is 0 Å². The molecule has 0 bridgehead atoms. The van der Waals surface area contributed by atoms with Gasteiger partial charge in [0.15, 0.2) is 0 Å². The van der Waals surface area contributed by atoms with Gasteiger partial charge in [-0.1, -0.05) is 0 Å². The summed E-state index contributed by atoms with van der Waals surface area (Å²) in [6.07, 6.45) is 0. The van der Waals surface area contributed by atoms with Crippen LogP contribution < -0.4 is 11.5 Å². The van der Waals surface area contributed by atoms with Gasteiger partial charge >= 0.3 is 0 Å². The first-order valence-electron chi connectivity index (χ1n) is 2.56. The molecule has 0 heterocycles. The molecule has 0 aromatic heterocycles. The minimum Gasteiger partial charge on any atom is -0.330 e. The number of rotatable bonds is 5. The molecule has 0 aromatic carbocycles. The van der Waals surface area contributed by atoms with E-state index in [1.807, 2.05) is 0 Å². The molecule has 0 aliphatic heterocycles. The minimum atomic E-state index is 0.581. The first-order chi connectivity index (χ1) is 3.91. The molecule has 4 N–H and O–H groups in total. The van der Waals surface area contributed by atoms with Crippen molar-refractivity contribution in [2.45, 2.75) is 0 Å². The van der Waals surface area contributed by atoms with Crippen molar-refractivity contribution < 1.29 is 4.18 Å². The lowest BCUT2D eigenvalue weighted by Gasteiger charge is -1.96. The van der Waals surface area contributed by atoms with Crippen LogP contribution in [0, 0.1) is 0 Å². The van der Waals surface area contributed by atoms with Crippen LogP contribution in [-0.4, -0.2) is 25.4 Å². The van der Waals surface area contributed by atoms with E-state index in [9.17, 15) is 0 Å². The monoisotopic (exact) mass is 136 g/mol. The zero-order chi connectivity index (χ0) is 6.24. The van der Waals surface area contributed by atoms with Crippen LogP contribution in [-0.2, 0) is 4.18 Å². The standard InChI is InChI=1S/C4H12N2OS/c5-1-3-7-8-4-2-6/h1-6H2. The molecule has 0 atom stereocenters. The fourth-order valence-electron chi connectivity index (χ4n) is 0.214. The zero-order valence-electron chi connectivity index (χ0n) is 4.80. The van der Waals surface area contributed by atoms with Crippen LogP contribution in [0.15, 0.2) is 0 Å². The Morgan fingerprint density at radius 1 is 1.25 bits per heavy atom. The molecule has 50 valence electrons. The van der Waals surface area contributed by atoms with Crippen molar-refractivity contribution >= 4 is 12.0 Å². The van der Waals surface area contributed by atoms with Crippen molar-refractivity contribution in [3.63, 3.8) is 0 Å². The molecule has 3 nitrogen and oxygen atoms in total. The largest absolute Gasteiger partial charge is 0.330 e. The van der Waals surface area contributed by atoms with E-state index >= 15 is 0 Å². The quantitative estimate of drug-likeness (QED) is 0.397. The normalized spacial score (nSPS) is 9.75. The van der Waals surface area contributed by atoms with Crippen molar-refractivity contribution in [1.29, 1.82) is 0 Å². The fraction of sp³-hybridized carbons (Fsp3) is 1.00. The third kappa shape index (κ3) is 6.23. The maximum atomic E-state index is 5.18. The van der Waals surface area contributed by atoms with Gasteiger partial charge in [-0.15, -0.1) is 0 Å². The molecule has 0 radical (unpaired) electrons. The Morgan fingerprint density at radius 2 is 2.00 bits per heavy atom. The van der Waals surface area contributed by atoms with Gasteiger partial charge in [0.25, 0.3) is 0 Å². The Hall–Kier alpha value is 0.230. The van der Waals surface area contributed by atoms with Crippen LogP contribution in [0.25, 0.3) is 0 Å². The highest BCUT2D eigenvalue weighted by atomic mass is 32.2. The van der Waals surface area contributed by atoms with Crippen LogP contribution in [0.1, 0.15) is 0 Å². The molecule has 0 saturated heterocycles. The lowest BCUT2D eigenvalue weighted by molar-refractivity contribution is 0.386. The van der Waals surface area contributed by atoms with Gasteiger partial charge in [0.1, 0.15) is 0 Å². The highest BCUT2D eigenvalue weighted by Crippen LogP contribution is 1.97. The van der Waals surface area contributed by atoms with Gasteiger partial charge in [-0.25, -0.2) is 0 Å². The summed E-state index contributed by atoms with van der Waals surface area (Å²) in [6.45, 7) is 1.86. The minimum absolute atomic E-state index is 0.581. The highest BCUT2D eigenvalue weighted by molar-refractivity contribution is 7.94. The molecule has 8 heavy (non-hydrogen) atoms. The lowest BCUT2D eigenvalue weighted by Crippen LogP contribution is -2.07. The van der Waals surface area contributed by atoms with E-state index in [-0.39, 0.29) is 0 Å². The molecule has 0 aromatic rings. The summed E-state index contributed by atoms with van der Waals surface area (Å²) in [5.41, 5.74) is 10.3. The summed E-state index contributed by atoms with van der Waals surface area (Å²) >= 11 is 1.37. The molecule has 0 rings (SSSR count). The van der Waals surface area contributed by atoms with Gasteiger partial charge in [0.05, 0.1) is 6.61 Å². The van der Waals surface area contributed by atoms with Crippen LogP contribution in [0.5, 0.6) is 0 Å². The van der Waals surface area contributed by atoms with Gasteiger partial charge < -0.3 is 15.7 Å². The predicted octanol–water partition coefficient (Wildman–Crippen LogP) is -0.431. The van der Waals surface area contributed by atoms with E-state index < -0.39 is 0 Å². The fourth-order valence-corrected chi connectivity index (χ4v) is 0.642. The molecule has 0 aliphatic carbocycles. The summed E-state index contributed by atoms with van der Waals surface area (Å²) in [5.74, 6) is 0.847.